The van der Waals surface area contributed by atoms with Crippen molar-refractivity contribution < 1.29 is 14.3 Å². The van der Waals surface area contributed by atoms with E-state index in [-0.39, 0.29) is 5.91 Å². The highest BCUT2D eigenvalue weighted by Crippen LogP contribution is 2.39. The Morgan fingerprint density at radius 2 is 1.84 bits per heavy atom. The molecule has 0 radical (unpaired) electrons. The van der Waals surface area contributed by atoms with Gasteiger partial charge < -0.3 is 9.47 Å². The van der Waals surface area contributed by atoms with E-state index in [1.165, 1.54) is 16.7 Å². The van der Waals surface area contributed by atoms with Crippen LogP contribution in [0.2, 0.25) is 0 Å². The highest BCUT2D eigenvalue weighted by Gasteiger charge is 2.34. The largest absolute Gasteiger partial charge is 0.496 e. The molecule has 1 fully saturated rings. The Labute approximate surface area is 169 Å². The molecule has 2 aromatic rings. The van der Waals surface area contributed by atoms with Gasteiger partial charge in [-0.1, -0.05) is 42.2 Å². The Morgan fingerprint density at radius 1 is 1.12 bits per heavy atom. The molecule has 1 amide bonds. The van der Waals surface area contributed by atoms with E-state index in [1.54, 1.807) is 14.2 Å². The normalized spacial score (nSPS) is 15.8. The second kappa shape index (κ2) is 7.76. The van der Waals surface area contributed by atoms with E-state index >= 15 is 0 Å². The summed E-state index contributed by atoms with van der Waals surface area (Å²) >= 11 is 8.91. The molecule has 0 saturated carbocycles. The minimum absolute atomic E-state index is 0.148. The third-order valence-electron chi connectivity index (χ3n) is 3.59. The Balaban J connectivity index is 1.95. The van der Waals surface area contributed by atoms with Gasteiger partial charge >= 0.3 is 0 Å². The van der Waals surface area contributed by atoms with Crippen LogP contribution in [0.1, 0.15) is 5.56 Å². The van der Waals surface area contributed by atoms with Gasteiger partial charge in [0.1, 0.15) is 11.5 Å². The fourth-order valence-corrected chi connectivity index (χ4v) is 4.46. The van der Waals surface area contributed by atoms with Crippen molar-refractivity contribution in [2.75, 3.05) is 19.1 Å². The smallest absolute Gasteiger partial charge is 0.270 e. The van der Waals surface area contributed by atoms with Crippen molar-refractivity contribution in [3.63, 3.8) is 0 Å². The van der Waals surface area contributed by atoms with Gasteiger partial charge in [0.05, 0.1) is 28.4 Å². The van der Waals surface area contributed by atoms with Crippen molar-refractivity contribution in [3.05, 3.63) is 56.5 Å². The second-order valence-electron chi connectivity index (χ2n) is 5.08. The van der Waals surface area contributed by atoms with Crippen molar-refractivity contribution in [1.29, 1.82) is 0 Å². The summed E-state index contributed by atoms with van der Waals surface area (Å²) in [5.41, 5.74) is 1.57. The van der Waals surface area contributed by atoms with Crippen LogP contribution in [0, 0.1) is 3.57 Å². The highest BCUT2D eigenvalue weighted by molar-refractivity contribution is 14.1. The summed E-state index contributed by atoms with van der Waals surface area (Å²) in [6.07, 6.45) is 1.84. The van der Waals surface area contributed by atoms with Gasteiger partial charge in [-0.2, -0.15) is 0 Å². The lowest BCUT2D eigenvalue weighted by Crippen LogP contribution is -2.27. The summed E-state index contributed by atoms with van der Waals surface area (Å²) < 4.78 is 12.1. The molecule has 128 valence electrons. The minimum atomic E-state index is -0.148. The van der Waals surface area contributed by atoms with Gasteiger partial charge in [-0.3, -0.25) is 9.69 Å². The van der Waals surface area contributed by atoms with Crippen LogP contribution in [0.4, 0.5) is 5.69 Å². The molecule has 1 heterocycles. The van der Waals surface area contributed by atoms with Crippen LogP contribution in [-0.4, -0.2) is 24.4 Å². The van der Waals surface area contributed by atoms with Crippen molar-refractivity contribution in [1.82, 2.24) is 0 Å². The molecule has 7 heteroatoms. The molecule has 25 heavy (non-hydrogen) atoms. The summed E-state index contributed by atoms with van der Waals surface area (Å²) in [6, 6.07) is 13.1. The van der Waals surface area contributed by atoms with Gasteiger partial charge in [-0.15, -0.1) is 0 Å². The van der Waals surface area contributed by atoms with Crippen LogP contribution in [0.15, 0.2) is 47.4 Å². The van der Waals surface area contributed by atoms with Crippen LogP contribution in [0.25, 0.3) is 6.08 Å². The third kappa shape index (κ3) is 3.68. The van der Waals surface area contributed by atoms with Gasteiger partial charge in [0.15, 0.2) is 4.32 Å². The fraction of sp³-hybridized carbons (Fsp3) is 0.111. The van der Waals surface area contributed by atoms with E-state index in [0.717, 1.165) is 14.9 Å². The Morgan fingerprint density at radius 3 is 2.52 bits per heavy atom. The van der Waals surface area contributed by atoms with E-state index in [9.17, 15) is 4.79 Å². The average molecular weight is 483 g/mol. The maximum absolute atomic E-state index is 12.9. The summed E-state index contributed by atoms with van der Waals surface area (Å²) in [7, 11) is 3.21. The number of benzene rings is 2. The number of hydrogen-bond acceptors (Lipinski definition) is 5. The van der Waals surface area contributed by atoms with Crippen LogP contribution in [-0.2, 0) is 4.79 Å². The molecule has 1 aliphatic heterocycles. The number of carbonyl (C=O) groups excluding carboxylic acids is 1. The standard InChI is InChI=1S/C18H14INO3S2/c1-22-14-8-7-11(9-12(14)19)10-16-17(21)20(18(24)25-16)13-5-3-4-6-15(13)23-2/h3-10H,1-2H3/b16-10-. The molecular formula is C18H14INO3S2. The summed E-state index contributed by atoms with van der Waals surface area (Å²) in [5, 5.41) is 0. The number of amides is 1. The molecule has 4 nitrogen and oxygen atoms in total. The fourth-order valence-electron chi connectivity index (χ4n) is 2.41. The zero-order valence-corrected chi connectivity index (χ0v) is 17.3. The summed E-state index contributed by atoms with van der Waals surface area (Å²) in [6.45, 7) is 0. The summed E-state index contributed by atoms with van der Waals surface area (Å²) in [4.78, 5) is 15.0. The van der Waals surface area contributed by atoms with Crippen LogP contribution < -0.4 is 14.4 Å². The number of ether oxygens (including phenoxy) is 2. The van der Waals surface area contributed by atoms with Crippen molar-refractivity contribution in [2.45, 2.75) is 0 Å². The van der Waals surface area contributed by atoms with Crippen molar-refractivity contribution in [2.24, 2.45) is 0 Å². The number of methoxy groups -OCH3 is 2. The first-order valence-corrected chi connectivity index (χ1v) is 9.60. The van der Waals surface area contributed by atoms with Crippen LogP contribution in [0.5, 0.6) is 11.5 Å². The predicted octanol–water partition coefficient (Wildman–Crippen LogP) is 4.71. The average Bonchev–Trinajstić information content (AvgIpc) is 2.88. The lowest BCUT2D eigenvalue weighted by atomic mass is 10.2. The summed E-state index contributed by atoms with van der Waals surface area (Å²) in [5.74, 6) is 1.27. The number of para-hydroxylation sites is 2. The van der Waals surface area contributed by atoms with Gasteiger partial charge in [-0.05, 0) is 58.5 Å². The van der Waals surface area contributed by atoms with Crippen molar-refractivity contribution >= 4 is 68.6 Å². The van der Waals surface area contributed by atoms with Gasteiger partial charge in [-0.25, -0.2) is 0 Å². The molecular weight excluding hydrogens is 469 g/mol. The van der Waals surface area contributed by atoms with E-state index in [4.69, 9.17) is 21.7 Å². The van der Waals surface area contributed by atoms with Gasteiger partial charge in [0.2, 0.25) is 0 Å². The van der Waals surface area contributed by atoms with Gasteiger partial charge in [0.25, 0.3) is 5.91 Å². The molecule has 0 aromatic heterocycles. The number of anilines is 1. The number of hydrogen-bond donors (Lipinski definition) is 0. The van der Waals surface area contributed by atoms with E-state index in [0.29, 0.717) is 20.7 Å². The zero-order chi connectivity index (χ0) is 18.0. The minimum Gasteiger partial charge on any atom is -0.496 e. The lowest BCUT2D eigenvalue weighted by molar-refractivity contribution is -0.113. The topological polar surface area (TPSA) is 38.8 Å². The first kappa shape index (κ1) is 18.2. The maximum Gasteiger partial charge on any atom is 0.270 e. The molecule has 0 unspecified atom stereocenters. The number of rotatable bonds is 4. The second-order valence-corrected chi connectivity index (χ2v) is 7.92. The molecule has 3 rings (SSSR count). The van der Waals surface area contributed by atoms with Crippen LogP contribution in [0.3, 0.4) is 0 Å². The predicted molar refractivity (Wildman–Crippen MR) is 114 cm³/mol. The first-order chi connectivity index (χ1) is 12.0. The Kier molecular flexibility index (Phi) is 5.65. The number of thiocarbonyl (C=S) groups is 1. The number of nitrogens with zero attached hydrogens (tertiary/aromatic N) is 1. The first-order valence-electron chi connectivity index (χ1n) is 7.29. The van der Waals surface area contributed by atoms with E-state index in [1.807, 2.05) is 48.5 Å². The SMILES string of the molecule is COc1ccc(/C=C2\SC(=S)N(c3ccccc3OC)C2=O)cc1I. The monoisotopic (exact) mass is 483 g/mol. The molecule has 1 saturated heterocycles. The Hall–Kier alpha value is -1.58. The zero-order valence-electron chi connectivity index (χ0n) is 13.5. The lowest BCUT2D eigenvalue weighted by Gasteiger charge is -2.17. The molecule has 2 aromatic carbocycles. The number of halogens is 1. The maximum atomic E-state index is 12.9. The highest BCUT2D eigenvalue weighted by atomic mass is 127. The molecule has 0 N–H and O–H groups in total. The van der Waals surface area contributed by atoms with Crippen molar-refractivity contribution in [3.8, 4) is 11.5 Å². The molecule has 0 atom stereocenters. The molecule has 0 aliphatic carbocycles. The quantitative estimate of drug-likeness (QED) is 0.358. The molecule has 0 bridgehead atoms. The molecule has 1 aliphatic rings. The van der Waals surface area contributed by atoms with Crippen LogP contribution >= 0.6 is 46.6 Å². The Bertz CT molecular complexity index is 882. The third-order valence-corrected chi connectivity index (χ3v) is 5.74. The van der Waals surface area contributed by atoms with E-state index < -0.39 is 0 Å². The molecule has 0 spiro atoms. The number of carbonyl (C=O) groups is 1. The van der Waals surface area contributed by atoms with Gasteiger partial charge in [0, 0.05) is 0 Å². The van der Waals surface area contributed by atoms with E-state index in [2.05, 4.69) is 22.6 Å². The number of thioether (sulfide) groups is 1.